The summed E-state index contributed by atoms with van der Waals surface area (Å²) in [6.07, 6.45) is 1.88. The van der Waals surface area contributed by atoms with Gasteiger partial charge in [-0.15, -0.1) is 0 Å². The smallest absolute Gasteiger partial charge is 0.309 e. The molecule has 0 unspecified atom stereocenters. The Balaban J connectivity index is 1.60. The van der Waals surface area contributed by atoms with Gasteiger partial charge in [0.15, 0.2) is 9.84 Å². The van der Waals surface area contributed by atoms with Gasteiger partial charge in [0.1, 0.15) is 11.0 Å². The molecule has 31 heavy (non-hydrogen) atoms. The summed E-state index contributed by atoms with van der Waals surface area (Å²) in [4.78, 5) is 24.4. The predicted octanol–water partition coefficient (Wildman–Crippen LogP) is 2.92. The number of sulfone groups is 1. The van der Waals surface area contributed by atoms with Gasteiger partial charge in [0, 0.05) is 18.1 Å². The van der Waals surface area contributed by atoms with Crippen molar-refractivity contribution < 1.29 is 22.4 Å². The van der Waals surface area contributed by atoms with Gasteiger partial charge in [-0.05, 0) is 48.4 Å². The lowest BCUT2D eigenvalue weighted by atomic mass is 10.1. The number of carbonyl (C=O) groups excluding carboxylic acids is 2. The highest BCUT2D eigenvalue weighted by molar-refractivity contribution is 7.91. The molecule has 1 aromatic heterocycles. The van der Waals surface area contributed by atoms with Crippen LogP contribution < -0.4 is 10.6 Å². The zero-order valence-electron chi connectivity index (χ0n) is 16.5. The monoisotopic (exact) mass is 460 g/mol. The van der Waals surface area contributed by atoms with E-state index in [0.29, 0.717) is 11.4 Å². The highest BCUT2D eigenvalue weighted by Crippen LogP contribution is 2.28. The van der Waals surface area contributed by atoms with E-state index < -0.39 is 26.9 Å². The molecule has 0 aliphatic carbocycles. The largest absolute Gasteiger partial charge is 0.468 e. The third-order valence-electron chi connectivity index (χ3n) is 4.57. The molecule has 0 fully saturated rings. The Labute approximate surface area is 185 Å². The van der Waals surface area contributed by atoms with Crippen molar-refractivity contribution >= 4 is 33.3 Å². The summed E-state index contributed by atoms with van der Waals surface area (Å²) < 4.78 is 31.4. The quantitative estimate of drug-likeness (QED) is 0.503. The van der Waals surface area contributed by atoms with Gasteiger partial charge >= 0.3 is 11.8 Å². The molecule has 0 aliphatic rings. The normalized spacial score (nSPS) is 12.2. The molecular formula is C22H21ClN2O5S. The summed E-state index contributed by atoms with van der Waals surface area (Å²) in [6.45, 7) is -0.0635. The van der Waals surface area contributed by atoms with Crippen molar-refractivity contribution in [3.63, 3.8) is 0 Å². The van der Waals surface area contributed by atoms with Gasteiger partial charge < -0.3 is 15.1 Å². The Hall–Kier alpha value is -3.10. The number of carbonyl (C=O) groups is 2. The molecule has 1 atom stereocenters. The number of benzene rings is 2. The second-order valence-electron chi connectivity index (χ2n) is 6.70. The summed E-state index contributed by atoms with van der Waals surface area (Å²) in [7, 11) is -3.85. The number of amides is 2. The van der Waals surface area contributed by atoms with Crippen LogP contribution >= 0.6 is 11.6 Å². The molecule has 0 radical (unpaired) electrons. The van der Waals surface area contributed by atoms with Crippen molar-refractivity contribution in [2.24, 2.45) is 0 Å². The first-order valence-corrected chi connectivity index (χ1v) is 11.4. The minimum atomic E-state index is -3.85. The van der Waals surface area contributed by atoms with E-state index in [-0.39, 0.29) is 23.7 Å². The van der Waals surface area contributed by atoms with Crippen molar-refractivity contribution in [2.45, 2.75) is 16.6 Å². The van der Waals surface area contributed by atoms with Gasteiger partial charge in [-0.25, -0.2) is 8.42 Å². The van der Waals surface area contributed by atoms with E-state index in [9.17, 15) is 18.0 Å². The average Bonchev–Trinajstić information content (AvgIpc) is 3.30. The van der Waals surface area contributed by atoms with Gasteiger partial charge in [0.2, 0.25) is 0 Å². The fourth-order valence-electron chi connectivity index (χ4n) is 2.93. The molecule has 0 bridgehead atoms. The van der Waals surface area contributed by atoms with Crippen LogP contribution in [0.1, 0.15) is 16.6 Å². The van der Waals surface area contributed by atoms with Gasteiger partial charge in [-0.3, -0.25) is 9.59 Å². The molecule has 0 saturated carbocycles. The topological polar surface area (TPSA) is 105 Å². The second kappa shape index (κ2) is 10.3. The van der Waals surface area contributed by atoms with Crippen LogP contribution in [-0.4, -0.2) is 33.3 Å². The molecular weight excluding hydrogens is 440 g/mol. The van der Waals surface area contributed by atoms with Crippen molar-refractivity contribution in [1.29, 1.82) is 0 Å². The third kappa shape index (κ3) is 5.96. The molecule has 0 spiro atoms. The van der Waals surface area contributed by atoms with Crippen molar-refractivity contribution in [3.05, 3.63) is 89.3 Å². The van der Waals surface area contributed by atoms with Crippen LogP contribution in [0, 0.1) is 0 Å². The molecule has 2 aromatic carbocycles. The lowest BCUT2D eigenvalue weighted by Gasteiger charge is -2.16. The molecule has 0 aliphatic heterocycles. The first-order chi connectivity index (χ1) is 14.9. The van der Waals surface area contributed by atoms with E-state index in [4.69, 9.17) is 16.0 Å². The lowest BCUT2D eigenvalue weighted by molar-refractivity contribution is -0.139. The van der Waals surface area contributed by atoms with E-state index in [1.54, 1.807) is 36.4 Å². The van der Waals surface area contributed by atoms with E-state index in [2.05, 4.69) is 10.6 Å². The van der Waals surface area contributed by atoms with Gasteiger partial charge in [-0.2, -0.15) is 0 Å². The Morgan fingerprint density at radius 3 is 2.23 bits per heavy atom. The Morgan fingerprint density at radius 1 is 0.903 bits per heavy atom. The van der Waals surface area contributed by atoms with E-state index in [1.807, 2.05) is 12.1 Å². The Bertz CT molecular complexity index is 1110. The molecule has 0 saturated heterocycles. The molecule has 2 amide bonds. The maximum Gasteiger partial charge on any atom is 0.309 e. The first-order valence-electron chi connectivity index (χ1n) is 9.51. The summed E-state index contributed by atoms with van der Waals surface area (Å²) in [5, 5.41) is 4.36. The van der Waals surface area contributed by atoms with Crippen LogP contribution in [0.5, 0.6) is 0 Å². The Kier molecular flexibility index (Phi) is 7.49. The predicted molar refractivity (Wildman–Crippen MR) is 116 cm³/mol. The molecule has 162 valence electrons. The number of hydrogen-bond acceptors (Lipinski definition) is 5. The summed E-state index contributed by atoms with van der Waals surface area (Å²) in [5.74, 6) is -1.59. The van der Waals surface area contributed by atoms with Crippen molar-refractivity contribution in [3.8, 4) is 0 Å². The first kappa shape index (κ1) is 22.6. The molecule has 1 heterocycles. The van der Waals surface area contributed by atoms with Gasteiger partial charge in [-0.1, -0.05) is 41.9 Å². The summed E-state index contributed by atoms with van der Waals surface area (Å²) in [5.41, 5.74) is 0.956. The standard InChI is InChI=1S/C22H21ClN2O5S/c23-17-10-8-16(9-11-17)12-13-24-21(26)22(27)25-15-20(19-7-4-14-30-19)31(28,29)18-5-2-1-3-6-18/h1-11,14,20H,12-13,15H2,(H,24,26)(H,25,27)/t20-/m0/s1. The van der Waals surface area contributed by atoms with Crippen LogP contribution in [0.15, 0.2) is 82.3 Å². The maximum atomic E-state index is 13.0. The highest BCUT2D eigenvalue weighted by Gasteiger charge is 2.32. The fourth-order valence-corrected chi connectivity index (χ4v) is 4.66. The van der Waals surface area contributed by atoms with Crippen LogP contribution in [0.4, 0.5) is 0 Å². The fraction of sp³-hybridized carbons (Fsp3) is 0.182. The van der Waals surface area contributed by atoms with Gasteiger partial charge in [0.25, 0.3) is 0 Å². The number of rotatable bonds is 8. The van der Waals surface area contributed by atoms with Crippen LogP contribution in [-0.2, 0) is 25.8 Å². The molecule has 7 nitrogen and oxygen atoms in total. The zero-order chi connectivity index (χ0) is 22.3. The second-order valence-corrected chi connectivity index (χ2v) is 9.27. The Morgan fingerprint density at radius 2 is 1.58 bits per heavy atom. The SMILES string of the molecule is O=C(NCCc1ccc(Cl)cc1)C(=O)NC[C@@H](c1ccco1)S(=O)(=O)c1ccccc1. The van der Waals surface area contributed by atoms with Crippen LogP contribution in [0.25, 0.3) is 0 Å². The van der Waals surface area contributed by atoms with Crippen LogP contribution in [0.2, 0.25) is 5.02 Å². The number of furan rings is 1. The maximum absolute atomic E-state index is 13.0. The van der Waals surface area contributed by atoms with Crippen LogP contribution in [0.3, 0.4) is 0 Å². The van der Waals surface area contributed by atoms with E-state index >= 15 is 0 Å². The van der Waals surface area contributed by atoms with E-state index in [1.165, 1.54) is 24.5 Å². The minimum Gasteiger partial charge on any atom is -0.468 e. The van der Waals surface area contributed by atoms with Crippen molar-refractivity contribution in [2.75, 3.05) is 13.1 Å². The minimum absolute atomic E-state index is 0.0954. The molecule has 3 aromatic rings. The molecule has 9 heteroatoms. The number of hydrogen-bond donors (Lipinski definition) is 2. The molecule has 2 N–H and O–H groups in total. The zero-order valence-corrected chi connectivity index (χ0v) is 18.0. The van der Waals surface area contributed by atoms with E-state index in [0.717, 1.165) is 5.56 Å². The third-order valence-corrected chi connectivity index (χ3v) is 6.90. The van der Waals surface area contributed by atoms with Gasteiger partial charge in [0.05, 0.1) is 11.2 Å². The number of halogens is 1. The summed E-state index contributed by atoms with van der Waals surface area (Å²) in [6, 6.07) is 18.1. The molecule has 3 rings (SSSR count). The number of nitrogens with one attached hydrogen (secondary N) is 2. The average molecular weight is 461 g/mol. The summed E-state index contributed by atoms with van der Waals surface area (Å²) >= 11 is 5.83. The lowest BCUT2D eigenvalue weighted by Crippen LogP contribution is -2.42. The highest BCUT2D eigenvalue weighted by atomic mass is 35.5. The van der Waals surface area contributed by atoms with Crippen molar-refractivity contribution in [1.82, 2.24) is 10.6 Å².